The van der Waals surface area contributed by atoms with E-state index in [1.807, 2.05) is 30.3 Å². The van der Waals surface area contributed by atoms with Crippen molar-refractivity contribution in [1.29, 1.82) is 0 Å². The lowest BCUT2D eigenvalue weighted by molar-refractivity contribution is -0.114. The Hall–Kier alpha value is -3.45. The van der Waals surface area contributed by atoms with E-state index in [2.05, 4.69) is 21.0 Å². The maximum absolute atomic E-state index is 12.8. The number of hydrogen-bond donors (Lipinski definition) is 1. The van der Waals surface area contributed by atoms with Crippen molar-refractivity contribution in [2.24, 2.45) is 5.10 Å². The van der Waals surface area contributed by atoms with E-state index in [1.54, 1.807) is 31.2 Å². The van der Waals surface area contributed by atoms with Gasteiger partial charge in [0.25, 0.3) is 5.91 Å². The highest BCUT2D eigenvalue weighted by Crippen LogP contribution is 2.31. The molecule has 0 aliphatic carbocycles. The number of rotatable bonds is 4. The maximum Gasteiger partial charge on any atom is 0.335 e. The number of carbonyl (C=O) groups excluding carboxylic acids is 1. The highest BCUT2D eigenvalue weighted by molar-refractivity contribution is 9.10. The molecule has 0 atom stereocenters. The van der Waals surface area contributed by atoms with Crippen LogP contribution in [0.2, 0.25) is 0 Å². The smallest absolute Gasteiger partial charge is 0.335 e. The zero-order chi connectivity index (χ0) is 20.5. The van der Waals surface area contributed by atoms with Crippen molar-refractivity contribution in [1.82, 2.24) is 0 Å². The Kier molecular flexibility index (Phi) is 4.90. The van der Waals surface area contributed by atoms with Gasteiger partial charge in [0.15, 0.2) is 0 Å². The number of amides is 1. The molecule has 1 aliphatic rings. The van der Waals surface area contributed by atoms with Crippen LogP contribution in [0.3, 0.4) is 0 Å². The minimum atomic E-state index is -1.02. The average molecular weight is 451 g/mol. The Morgan fingerprint density at radius 1 is 1.10 bits per heavy atom. The van der Waals surface area contributed by atoms with Crippen molar-refractivity contribution in [3.63, 3.8) is 0 Å². The van der Waals surface area contributed by atoms with Crippen LogP contribution in [-0.2, 0) is 4.79 Å². The zero-order valence-electron chi connectivity index (χ0n) is 15.3. The van der Waals surface area contributed by atoms with E-state index in [4.69, 9.17) is 9.52 Å². The van der Waals surface area contributed by atoms with Crippen molar-refractivity contribution in [2.75, 3.05) is 5.01 Å². The third-order valence-electron chi connectivity index (χ3n) is 4.47. The fraction of sp³-hybridized carbons (Fsp3) is 0.0455. The standard InChI is InChI=1S/C22H15BrN2O4/c1-13-18(12-16-10-11-20(29-16)17-4-2-3-5-19(17)23)21(26)25(24-13)15-8-6-14(7-9-15)22(27)28/h2-12H,1H3,(H,27,28)/b18-12-. The molecule has 0 radical (unpaired) electrons. The molecule has 6 nitrogen and oxygen atoms in total. The second-order valence-electron chi connectivity index (χ2n) is 6.39. The lowest BCUT2D eigenvalue weighted by Crippen LogP contribution is -2.21. The molecule has 0 bridgehead atoms. The number of hydrogen-bond acceptors (Lipinski definition) is 4. The molecule has 0 saturated heterocycles. The highest BCUT2D eigenvalue weighted by atomic mass is 79.9. The minimum absolute atomic E-state index is 0.145. The summed E-state index contributed by atoms with van der Waals surface area (Å²) in [7, 11) is 0. The van der Waals surface area contributed by atoms with Gasteiger partial charge in [0, 0.05) is 10.0 Å². The van der Waals surface area contributed by atoms with Crippen LogP contribution >= 0.6 is 15.9 Å². The Balaban J connectivity index is 1.61. The van der Waals surface area contributed by atoms with Crippen molar-refractivity contribution in [2.45, 2.75) is 6.92 Å². The summed E-state index contributed by atoms with van der Waals surface area (Å²) in [5, 5.41) is 14.6. The molecule has 4 rings (SSSR count). The second-order valence-corrected chi connectivity index (χ2v) is 7.25. The number of benzene rings is 2. The number of carboxylic acid groups (broad SMARTS) is 1. The maximum atomic E-state index is 12.8. The van der Waals surface area contributed by atoms with Gasteiger partial charge in [-0.25, -0.2) is 4.79 Å². The average Bonchev–Trinajstić information content (AvgIpc) is 3.28. The molecule has 0 fully saturated rings. The van der Waals surface area contributed by atoms with Crippen LogP contribution < -0.4 is 5.01 Å². The van der Waals surface area contributed by atoms with Gasteiger partial charge in [-0.05, 0) is 55.5 Å². The number of carboxylic acids is 1. The van der Waals surface area contributed by atoms with E-state index in [-0.39, 0.29) is 11.5 Å². The molecule has 144 valence electrons. The highest BCUT2D eigenvalue weighted by Gasteiger charge is 2.29. The molecule has 7 heteroatoms. The minimum Gasteiger partial charge on any atom is -0.478 e. The summed E-state index contributed by atoms with van der Waals surface area (Å²) in [6, 6.07) is 17.4. The molecular weight excluding hydrogens is 436 g/mol. The molecular formula is C22H15BrN2O4. The fourth-order valence-corrected chi connectivity index (χ4v) is 3.46. The number of nitrogens with zero attached hydrogens (tertiary/aromatic N) is 2. The molecule has 1 N–H and O–H groups in total. The molecule has 1 aromatic heterocycles. The zero-order valence-corrected chi connectivity index (χ0v) is 16.9. The van der Waals surface area contributed by atoms with Gasteiger partial charge in [0.2, 0.25) is 0 Å². The van der Waals surface area contributed by atoms with Gasteiger partial charge in [-0.2, -0.15) is 10.1 Å². The Bertz CT molecular complexity index is 1180. The van der Waals surface area contributed by atoms with Crippen LogP contribution in [0.15, 0.2) is 80.2 Å². The predicted molar refractivity (Wildman–Crippen MR) is 114 cm³/mol. The van der Waals surface area contributed by atoms with Crippen LogP contribution in [0.4, 0.5) is 5.69 Å². The predicted octanol–water partition coefficient (Wildman–Crippen LogP) is 5.21. The van der Waals surface area contributed by atoms with Gasteiger partial charge in [-0.1, -0.05) is 34.1 Å². The van der Waals surface area contributed by atoms with Crippen LogP contribution in [0.5, 0.6) is 0 Å². The quantitative estimate of drug-likeness (QED) is 0.552. The van der Waals surface area contributed by atoms with Crippen molar-refractivity contribution < 1.29 is 19.1 Å². The largest absolute Gasteiger partial charge is 0.478 e. The summed E-state index contributed by atoms with van der Waals surface area (Å²) in [6.45, 7) is 1.74. The number of halogens is 1. The van der Waals surface area contributed by atoms with E-state index >= 15 is 0 Å². The molecule has 0 unspecified atom stereocenters. The molecule has 0 saturated carbocycles. The number of anilines is 1. The molecule has 2 heterocycles. The summed E-state index contributed by atoms with van der Waals surface area (Å²) in [6.07, 6.45) is 1.66. The van der Waals surface area contributed by atoms with Gasteiger partial charge < -0.3 is 9.52 Å². The van der Waals surface area contributed by atoms with Gasteiger partial charge in [0.05, 0.1) is 22.5 Å². The summed E-state index contributed by atoms with van der Waals surface area (Å²) in [5.74, 6) is -0.102. The molecule has 1 amide bonds. The first-order chi connectivity index (χ1) is 13.9. The van der Waals surface area contributed by atoms with Crippen molar-refractivity contribution >= 4 is 45.3 Å². The number of hydrazone groups is 1. The van der Waals surface area contributed by atoms with E-state index in [9.17, 15) is 9.59 Å². The summed E-state index contributed by atoms with van der Waals surface area (Å²) >= 11 is 3.51. The summed E-state index contributed by atoms with van der Waals surface area (Å²) in [4.78, 5) is 23.8. The molecule has 0 spiro atoms. The fourth-order valence-electron chi connectivity index (χ4n) is 2.98. The van der Waals surface area contributed by atoms with Crippen LogP contribution in [-0.4, -0.2) is 22.7 Å². The Labute approximate surface area is 174 Å². The number of furan rings is 1. The van der Waals surface area contributed by atoms with Crippen LogP contribution in [0.1, 0.15) is 23.0 Å². The van der Waals surface area contributed by atoms with Gasteiger partial charge in [0.1, 0.15) is 11.5 Å². The van der Waals surface area contributed by atoms with Gasteiger partial charge >= 0.3 is 5.97 Å². The third kappa shape index (κ3) is 3.64. The van der Waals surface area contributed by atoms with E-state index in [0.717, 1.165) is 10.0 Å². The Morgan fingerprint density at radius 3 is 2.52 bits per heavy atom. The normalized spacial score (nSPS) is 15.1. The van der Waals surface area contributed by atoms with Crippen LogP contribution in [0.25, 0.3) is 17.4 Å². The second kappa shape index (κ2) is 7.52. The van der Waals surface area contributed by atoms with Gasteiger partial charge in [-0.15, -0.1) is 0 Å². The first-order valence-corrected chi connectivity index (χ1v) is 9.53. The molecule has 1 aliphatic heterocycles. The molecule has 3 aromatic rings. The lowest BCUT2D eigenvalue weighted by Gasteiger charge is -2.11. The summed E-state index contributed by atoms with van der Waals surface area (Å²) < 4.78 is 6.81. The SMILES string of the molecule is CC1=NN(c2ccc(C(=O)O)cc2)C(=O)/C1=C\c1ccc(-c2ccccc2Br)o1. The molecule has 29 heavy (non-hydrogen) atoms. The van der Waals surface area contributed by atoms with E-state index in [1.165, 1.54) is 17.1 Å². The first kappa shape index (κ1) is 18.9. The summed E-state index contributed by atoms with van der Waals surface area (Å²) in [5.41, 5.74) is 2.53. The number of carbonyl (C=O) groups is 2. The lowest BCUT2D eigenvalue weighted by atomic mass is 10.1. The monoisotopic (exact) mass is 450 g/mol. The topological polar surface area (TPSA) is 83.1 Å². The first-order valence-electron chi connectivity index (χ1n) is 8.74. The van der Waals surface area contributed by atoms with E-state index < -0.39 is 5.97 Å². The van der Waals surface area contributed by atoms with Crippen molar-refractivity contribution in [3.8, 4) is 11.3 Å². The van der Waals surface area contributed by atoms with Crippen molar-refractivity contribution in [3.05, 3.63) is 82.0 Å². The van der Waals surface area contributed by atoms with Gasteiger partial charge in [-0.3, -0.25) is 4.79 Å². The van der Waals surface area contributed by atoms with E-state index in [0.29, 0.717) is 28.5 Å². The Morgan fingerprint density at radius 2 is 1.83 bits per heavy atom. The number of aromatic carboxylic acids is 1. The molecule has 2 aromatic carbocycles. The van der Waals surface area contributed by atoms with Crippen LogP contribution in [0, 0.1) is 0 Å². The third-order valence-corrected chi connectivity index (χ3v) is 5.17.